The highest BCUT2D eigenvalue weighted by Crippen LogP contribution is 2.14. The van der Waals surface area contributed by atoms with Gasteiger partial charge >= 0.3 is 5.97 Å². The third-order valence-electron chi connectivity index (χ3n) is 2.65. The van der Waals surface area contributed by atoms with E-state index in [4.69, 9.17) is 10.4 Å². The van der Waals surface area contributed by atoms with E-state index in [9.17, 15) is 9.00 Å². The Morgan fingerprint density at radius 2 is 2.22 bits per heavy atom. The summed E-state index contributed by atoms with van der Waals surface area (Å²) in [5.74, 6) is -1.06. The third-order valence-corrected chi connectivity index (χ3v) is 4.15. The van der Waals surface area contributed by atoms with Crippen molar-refractivity contribution in [2.45, 2.75) is 19.6 Å². The van der Waals surface area contributed by atoms with Gasteiger partial charge in [0, 0.05) is 22.3 Å². The SMILES string of the molecule is Cc1cc(C#N)ccc1CS(=O)CC(C)C(=O)O. The second kappa shape index (κ2) is 6.31. The van der Waals surface area contributed by atoms with Gasteiger partial charge in [-0.05, 0) is 30.2 Å². The molecule has 0 fully saturated rings. The molecule has 2 unspecified atom stereocenters. The summed E-state index contributed by atoms with van der Waals surface area (Å²) in [6.45, 7) is 3.40. The van der Waals surface area contributed by atoms with Crippen LogP contribution in [0.25, 0.3) is 0 Å². The van der Waals surface area contributed by atoms with Gasteiger partial charge in [0.25, 0.3) is 0 Å². The van der Waals surface area contributed by atoms with Crippen LogP contribution in [0.4, 0.5) is 0 Å². The number of nitriles is 1. The molecule has 0 aliphatic rings. The maximum Gasteiger partial charge on any atom is 0.307 e. The summed E-state index contributed by atoms with van der Waals surface area (Å²) in [4.78, 5) is 10.7. The van der Waals surface area contributed by atoms with E-state index in [1.54, 1.807) is 25.1 Å². The largest absolute Gasteiger partial charge is 0.481 e. The summed E-state index contributed by atoms with van der Waals surface area (Å²) in [7, 11) is -1.20. The van der Waals surface area contributed by atoms with Gasteiger partial charge in [-0.2, -0.15) is 5.26 Å². The predicted molar refractivity (Wildman–Crippen MR) is 69.4 cm³/mol. The van der Waals surface area contributed by atoms with Crippen LogP contribution in [0.15, 0.2) is 18.2 Å². The number of aryl methyl sites for hydroxylation is 1. The van der Waals surface area contributed by atoms with Crippen LogP contribution >= 0.6 is 0 Å². The molecule has 96 valence electrons. The molecule has 1 rings (SSSR count). The molecule has 0 amide bonds. The van der Waals surface area contributed by atoms with Crippen molar-refractivity contribution in [3.05, 3.63) is 34.9 Å². The Morgan fingerprint density at radius 1 is 1.56 bits per heavy atom. The van der Waals surface area contributed by atoms with Gasteiger partial charge in [0.2, 0.25) is 0 Å². The number of hydrogen-bond donors (Lipinski definition) is 1. The number of rotatable bonds is 5. The van der Waals surface area contributed by atoms with Crippen molar-refractivity contribution in [1.29, 1.82) is 5.26 Å². The van der Waals surface area contributed by atoms with E-state index in [1.165, 1.54) is 0 Å². The van der Waals surface area contributed by atoms with Crippen LogP contribution in [0.5, 0.6) is 0 Å². The molecule has 2 atom stereocenters. The van der Waals surface area contributed by atoms with Crippen LogP contribution in [0, 0.1) is 24.2 Å². The van der Waals surface area contributed by atoms with Crippen molar-refractivity contribution in [3.63, 3.8) is 0 Å². The lowest BCUT2D eigenvalue weighted by Gasteiger charge is -2.08. The molecule has 0 radical (unpaired) electrons. The van der Waals surface area contributed by atoms with Crippen molar-refractivity contribution in [2.24, 2.45) is 5.92 Å². The molecule has 0 aliphatic heterocycles. The second-order valence-electron chi connectivity index (χ2n) is 4.24. The fourth-order valence-corrected chi connectivity index (χ4v) is 3.00. The maximum atomic E-state index is 11.8. The monoisotopic (exact) mass is 265 g/mol. The van der Waals surface area contributed by atoms with Crippen LogP contribution in [0.2, 0.25) is 0 Å². The zero-order valence-corrected chi connectivity index (χ0v) is 11.2. The van der Waals surface area contributed by atoms with Crippen LogP contribution in [-0.4, -0.2) is 21.0 Å². The highest BCUT2D eigenvalue weighted by Gasteiger charge is 2.15. The predicted octanol–water partition coefficient (Wildman–Crippen LogP) is 1.84. The van der Waals surface area contributed by atoms with E-state index < -0.39 is 22.7 Å². The van der Waals surface area contributed by atoms with E-state index in [0.717, 1.165) is 11.1 Å². The number of carbonyl (C=O) groups is 1. The molecule has 0 aromatic heterocycles. The van der Waals surface area contributed by atoms with Crippen molar-refractivity contribution in [3.8, 4) is 6.07 Å². The van der Waals surface area contributed by atoms with Gasteiger partial charge in [-0.25, -0.2) is 0 Å². The van der Waals surface area contributed by atoms with Gasteiger partial charge in [-0.15, -0.1) is 0 Å². The average molecular weight is 265 g/mol. The topological polar surface area (TPSA) is 78.2 Å². The lowest BCUT2D eigenvalue weighted by molar-refractivity contribution is -0.140. The Labute approximate surface area is 109 Å². The lowest BCUT2D eigenvalue weighted by atomic mass is 10.1. The summed E-state index contributed by atoms with van der Waals surface area (Å²) in [5.41, 5.74) is 2.37. The Bertz CT molecular complexity index is 519. The third kappa shape index (κ3) is 3.97. The van der Waals surface area contributed by atoms with E-state index in [0.29, 0.717) is 11.3 Å². The normalized spacial score (nSPS) is 13.6. The zero-order valence-electron chi connectivity index (χ0n) is 10.3. The molecular weight excluding hydrogens is 250 g/mol. The first kappa shape index (κ1) is 14.4. The van der Waals surface area contributed by atoms with Gasteiger partial charge < -0.3 is 5.11 Å². The summed E-state index contributed by atoms with van der Waals surface area (Å²) in [5, 5.41) is 17.5. The first-order valence-corrected chi connectivity index (χ1v) is 7.00. The minimum atomic E-state index is -1.20. The molecule has 0 aliphatic carbocycles. The number of benzene rings is 1. The van der Waals surface area contributed by atoms with E-state index in [-0.39, 0.29) is 5.75 Å². The standard InChI is InChI=1S/C13H15NO3S/c1-9-5-11(6-14)3-4-12(9)8-18(17)7-10(2)13(15)16/h3-5,10H,7-8H2,1-2H3,(H,15,16). The zero-order chi connectivity index (χ0) is 13.7. The number of hydrogen-bond acceptors (Lipinski definition) is 3. The highest BCUT2D eigenvalue weighted by molar-refractivity contribution is 7.84. The molecule has 18 heavy (non-hydrogen) atoms. The van der Waals surface area contributed by atoms with Crippen molar-refractivity contribution in [1.82, 2.24) is 0 Å². The Kier molecular flexibility index (Phi) is 5.05. The molecule has 0 heterocycles. The smallest absolute Gasteiger partial charge is 0.307 e. The minimum absolute atomic E-state index is 0.148. The van der Waals surface area contributed by atoms with Crippen LogP contribution in [-0.2, 0) is 21.3 Å². The number of carboxylic acid groups (broad SMARTS) is 1. The molecule has 0 saturated heterocycles. The van der Waals surface area contributed by atoms with Gasteiger partial charge in [0.1, 0.15) is 0 Å². The number of nitrogens with zero attached hydrogens (tertiary/aromatic N) is 1. The maximum absolute atomic E-state index is 11.8. The summed E-state index contributed by atoms with van der Waals surface area (Å²) in [6, 6.07) is 7.24. The van der Waals surface area contributed by atoms with Gasteiger partial charge in [-0.1, -0.05) is 13.0 Å². The Morgan fingerprint density at radius 3 is 2.72 bits per heavy atom. The van der Waals surface area contributed by atoms with E-state index in [1.807, 2.05) is 13.0 Å². The Balaban J connectivity index is 2.71. The lowest BCUT2D eigenvalue weighted by Crippen LogP contribution is -2.18. The quantitative estimate of drug-likeness (QED) is 0.881. The van der Waals surface area contributed by atoms with Gasteiger partial charge in [0.15, 0.2) is 0 Å². The summed E-state index contributed by atoms with van der Waals surface area (Å²) in [6.07, 6.45) is 0. The fraction of sp³-hybridized carbons (Fsp3) is 0.385. The minimum Gasteiger partial charge on any atom is -0.481 e. The molecular formula is C13H15NO3S. The van der Waals surface area contributed by atoms with E-state index >= 15 is 0 Å². The first-order chi connectivity index (χ1) is 8.43. The fourth-order valence-electron chi connectivity index (χ4n) is 1.51. The molecule has 0 bridgehead atoms. The van der Waals surface area contributed by atoms with Crippen molar-refractivity contribution >= 4 is 16.8 Å². The van der Waals surface area contributed by atoms with Crippen molar-refractivity contribution in [2.75, 3.05) is 5.75 Å². The molecule has 0 saturated carbocycles. The molecule has 0 spiro atoms. The van der Waals surface area contributed by atoms with Crippen LogP contribution in [0.3, 0.4) is 0 Å². The first-order valence-electron chi connectivity index (χ1n) is 5.51. The van der Waals surface area contributed by atoms with Gasteiger partial charge in [0.05, 0.1) is 17.6 Å². The van der Waals surface area contributed by atoms with Gasteiger partial charge in [-0.3, -0.25) is 9.00 Å². The second-order valence-corrected chi connectivity index (χ2v) is 5.74. The molecule has 1 N–H and O–H groups in total. The average Bonchev–Trinajstić information content (AvgIpc) is 2.31. The molecule has 4 nitrogen and oxygen atoms in total. The summed E-state index contributed by atoms with van der Waals surface area (Å²) < 4.78 is 11.8. The van der Waals surface area contributed by atoms with E-state index in [2.05, 4.69) is 0 Å². The molecule has 1 aromatic carbocycles. The molecule has 5 heteroatoms. The highest BCUT2D eigenvalue weighted by atomic mass is 32.2. The van der Waals surface area contributed by atoms with Crippen molar-refractivity contribution < 1.29 is 14.1 Å². The summed E-state index contributed by atoms with van der Waals surface area (Å²) >= 11 is 0. The van der Waals surface area contributed by atoms with Crippen LogP contribution in [0.1, 0.15) is 23.6 Å². The number of aliphatic carboxylic acids is 1. The molecule has 1 aromatic rings. The Hall–Kier alpha value is -1.67. The van der Waals surface area contributed by atoms with Crippen LogP contribution < -0.4 is 0 Å². The number of carboxylic acids is 1.